The van der Waals surface area contributed by atoms with E-state index in [2.05, 4.69) is 18.8 Å². The lowest BCUT2D eigenvalue weighted by molar-refractivity contribution is -0.137. The van der Waals surface area contributed by atoms with Gasteiger partial charge in [-0.25, -0.2) is 0 Å². The first kappa shape index (κ1) is 16.1. The number of rotatable bonds is 8. The van der Waals surface area contributed by atoms with Crippen LogP contribution in [0.5, 0.6) is 5.75 Å². The molecule has 0 amide bonds. The third-order valence-corrected chi connectivity index (χ3v) is 3.00. The van der Waals surface area contributed by atoms with Crippen LogP contribution in [-0.4, -0.2) is 17.7 Å². The normalized spacial score (nSPS) is 11.3. The summed E-state index contributed by atoms with van der Waals surface area (Å²) in [4.78, 5) is 10.8. The fourth-order valence-electron chi connectivity index (χ4n) is 1.94. The number of hydrogen-bond donors (Lipinski definition) is 1. The Morgan fingerprint density at radius 1 is 1.30 bits per heavy atom. The molecule has 0 spiro atoms. The topological polar surface area (TPSA) is 46.5 Å². The SMILES string of the molecule is CC#C[C@H](CC(=O)O)c1ccc(OCCCCC)cc1. The van der Waals surface area contributed by atoms with Gasteiger partial charge < -0.3 is 9.84 Å². The largest absolute Gasteiger partial charge is 0.494 e. The van der Waals surface area contributed by atoms with E-state index in [0.717, 1.165) is 24.3 Å². The number of aliphatic carboxylic acids is 1. The molecule has 0 saturated carbocycles. The van der Waals surface area contributed by atoms with Crippen molar-refractivity contribution in [2.24, 2.45) is 0 Å². The van der Waals surface area contributed by atoms with Gasteiger partial charge in [-0.15, -0.1) is 5.92 Å². The zero-order chi connectivity index (χ0) is 14.8. The Kier molecular flexibility index (Phi) is 7.27. The molecule has 3 nitrogen and oxygen atoms in total. The summed E-state index contributed by atoms with van der Waals surface area (Å²) >= 11 is 0. The van der Waals surface area contributed by atoms with E-state index in [1.54, 1.807) is 6.92 Å². The summed E-state index contributed by atoms with van der Waals surface area (Å²) in [5.41, 5.74) is 0.919. The van der Waals surface area contributed by atoms with Crippen LogP contribution in [0.4, 0.5) is 0 Å². The fourth-order valence-corrected chi connectivity index (χ4v) is 1.94. The average Bonchev–Trinajstić information content (AvgIpc) is 2.43. The highest BCUT2D eigenvalue weighted by Gasteiger charge is 2.12. The fraction of sp³-hybridized carbons (Fsp3) is 0.471. The first-order valence-corrected chi connectivity index (χ1v) is 7.04. The number of hydrogen-bond acceptors (Lipinski definition) is 2. The number of carbonyl (C=O) groups is 1. The predicted molar refractivity (Wildman–Crippen MR) is 79.9 cm³/mol. The van der Waals surface area contributed by atoms with Gasteiger partial charge in [0.25, 0.3) is 0 Å². The zero-order valence-electron chi connectivity index (χ0n) is 12.2. The molecule has 1 atom stereocenters. The van der Waals surface area contributed by atoms with Gasteiger partial charge in [-0.1, -0.05) is 37.8 Å². The van der Waals surface area contributed by atoms with Crippen LogP contribution in [0.3, 0.4) is 0 Å². The van der Waals surface area contributed by atoms with E-state index in [0.29, 0.717) is 0 Å². The summed E-state index contributed by atoms with van der Waals surface area (Å²) in [6.45, 7) is 4.60. The van der Waals surface area contributed by atoms with E-state index in [1.807, 2.05) is 24.3 Å². The van der Waals surface area contributed by atoms with Gasteiger partial charge in [0.15, 0.2) is 0 Å². The molecule has 1 N–H and O–H groups in total. The summed E-state index contributed by atoms with van der Waals surface area (Å²) in [5, 5.41) is 8.90. The van der Waals surface area contributed by atoms with Crippen LogP contribution >= 0.6 is 0 Å². The van der Waals surface area contributed by atoms with Crippen LogP contribution in [0.1, 0.15) is 51.0 Å². The highest BCUT2D eigenvalue weighted by molar-refractivity contribution is 5.69. The minimum atomic E-state index is -0.836. The molecular weight excluding hydrogens is 252 g/mol. The van der Waals surface area contributed by atoms with Crippen molar-refractivity contribution in [2.45, 2.75) is 45.4 Å². The minimum absolute atomic E-state index is 0.0253. The summed E-state index contributed by atoms with van der Waals surface area (Å²) in [5.74, 6) is 5.46. The lowest BCUT2D eigenvalue weighted by Crippen LogP contribution is -2.04. The van der Waals surface area contributed by atoms with Crippen molar-refractivity contribution in [1.82, 2.24) is 0 Å². The van der Waals surface area contributed by atoms with E-state index in [1.165, 1.54) is 12.8 Å². The van der Waals surface area contributed by atoms with Crippen molar-refractivity contribution in [1.29, 1.82) is 0 Å². The van der Waals surface area contributed by atoms with Crippen molar-refractivity contribution >= 4 is 5.97 Å². The van der Waals surface area contributed by atoms with Gasteiger partial charge in [0.1, 0.15) is 5.75 Å². The smallest absolute Gasteiger partial charge is 0.304 e. The highest BCUT2D eigenvalue weighted by atomic mass is 16.5. The van der Waals surface area contributed by atoms with Crippen LogP contribution in [0.25, 0.3) is 0 Å². The summed E-state index contributed by atoms with van der Waals surface area (Å²) in [6, 6.07) is 7.56. The van der Waals surface area contributed by atoms with Gasteiger partial charge in [0.05, 0.1) is 18.9 Å². The molecule has 108 valence electrons. The molecule has 1 aromatic carbocycles. The highest BCUT2D eigenvalue weighted by Crippen LogP contribution is 2.22. The minimum Gasteiger partial charge on any atom is -0.494 e. The van der Waals surface area contributed by atoms with E-state index >= 15 is 0 Å². The van der Waals surface area contributed by atoms with Crippen LogP contribution in [-0.2, 0) is 4.79 Å². The lowest BCUT2D eigenvalue weighted by atomic mass is 9.96. The van der Waals surface area contributed by atoms with Crippen molar-refractivity contribution in [2.75, 3.05) is 6.61 Å². The Morgan fingerprint density at radius 3 is 2.55 bits per heavy atom. The Labute approximate surface area is 121 Å². The lowest BCUT2D eigenvalue weighted by Gasteiger charge is -2.10. The van der Waals surface area contributed by atoms with Gasteiger partial charge in [-0.3, -0.25) is 4.79 Å². The monoisotopic (exact) mass is 274 g/mol. The molecule has 0 aliphatic carbocycles. The average molecular weight is 274 g/mol. The molecule has 0 fully saturated rings. The number of ether oxygens (including phenoxy) is 1. The maximum Gasteiger partial charge on any atom is 0.304 e. The molecule has 0 aliphatic rings. The van der Waals surface area contributed by atoms with Gasteiger partial charge in [0.2, 0.25) is 0 Å². The first-order valence-electron chi connectivity index (χ1n) is 7.04. The van der Waals surface area contributed by atoms with E-state index in [4.69, 9.17) is 9.84 Å². The second kappa shape index (κ2) is 9.03. The molecule has 1 rings (SSSR count). The van der Waals surface area contributed by atoms with Gasteiger partial charge >= 0.3 is 5.97 Å². The van der Waals surface area contributed by atoms with Crippen molar-refractivity contribution in [3.8, 4) is 17.6 Å². The second-order valence-electron chi connectivity index (χ2n) is 4.67. The van der Waals surface area contributed by atoms with Crippen LogP contribution in [0.2, 0.25) is 0 Å². The van der Waals surface area contributed by atoms with Crippen molar-refractivity contribution < 1.29 is 14.6 Å². The molecule has 0 saturated heterocycles. The summed E-state index contributed by atoms with van der Waals surface area (Å²) in [7, 11) is 0. The van der Waals surface area contributed by atoms with Gasteiger partial charge in [-0.05, 0) is 31.0 Å². The predicted octanol–water partition coefficient (Wildman–Crippen LogP) is 3.84. The van der Waals surface area contributed by atoms with Crippen molar-refractivity contribution in [3.63, 3.8) is 0 Å². The first-order chi connectivity index (χ1) is 9.67. The number of unbranched alkanes of at least 4 members (excludes halogenated alkanes) is 2. The molecule has 0 unspecified atom stereocenters. The Balaban J connectivity index is 2.62. The molecule has 0 bridgehead atoms. The number of carboxylic acids is 1. The maximum atomic E-state index is 10.8. The summed E-state index contributed by atoms with van der Waals surface area (Å²) < 4.78 is 5.63. The standard InChI is InChI=1S/C17H22O3/c1-3-5-6-12-20-16-10-8-14(9-11-16)15(7-4-2)13-17(18)19/h8-11,15H,3,5-6,12-13H2,1-2H3,(H,18,19)/t15-/m1/s1. The quantitative estimate of drug-likeness (QED) is 0.578. The molecule has 0 aromatic heterocycles. The van der Waals surface area contributed by atoms with Gasteiger partial charge in [-0.2, -0.15) is 0 Å². The van der Waals surface area contributed by atoms with Crippen LogP contribution in [0, 0.1) is 11.8 Å². The molecule has 20 heavy (non-hydrogen) atoms. The van der Waals surface area contributed by atoms with E-state index < -0.39 is 5.97 Å². The third kappa shape index (κ3) is 5.79. The Hall–Kier alpha value is -1.95. The molecule has 0 aliphatic heterocycles. The van der Waals surface area contributed by atoms with Crippen molar-refractivity contribution in [3.05, 3.63) is 29.8 Å². The molecule has 1 aromatic rings. The Morgan fingerprint density at radius 2 is 2.00 bits per heavy atom. The maximum absolute atomic E-state index is 10.8. The molecular formula is C17H22O3. The molecule has 0 heterocycles. The zero-order valence-corrected chi connectivity index (χ0v) is 12.2. The third-order valence-electron chi connectivity index (χ3n) is 3.00. The van der Waals surface area contributed by atoms with E-state index in [9.17, 15) is 4.79 Å². The summed E-state index contributed by atoms with van der Waals surface area (Å²) in [6.07, 6.45) is 3.43. The Bertz CT molecular complexity index is 465. The van der Waals surface area contributed by atoms with Crippen LogP contribution < -0.4 is 4.74 Å². The molecule has 0 radical (unpaired) electrons. The van der Waals surface area contributed by atoms with E-state index in [-0.39, 0.29) is 12.3 Å². The van der Waals surface area contributed by atoms with Crippen LogP contribution in [0.15, 0.2) is 24.3 Å². The number of benzene rings is 1. The second-order valence-corrected chi connectivity index (χ2v) is 4.67. The molecule has 3 heteroatoms. The van der Waals surface area contributed by atoms with Gasteiger partial charge in [0, 0.05) is 0 Å². The number of carboxylic acid groups (broad SMARTS) is 1.